The highest BCUT2D eigenvalue weighted by molar-refractivity contribution is 6.09. The summed E-state index contributed by atoms with van der Waals surface area (Å²) in [6, 6.07) is 6.49. The zero-order valence-corrected chi connectivity index (χ0v) is 27.2. The Morgan fingerprint density at radius 1 is 0.907 bits per heavy atom. The highest BCUT2D eigenvalue weighted by Crippen LogP contribution is 2.75. The topological polar surface area (TPSA) is 104 Å². The summed E-state index contributed by atoms with van der Waals surface area (Å²) in [4.78, 5) is 40.7. The summed E-state index contributed by atoms with van der Waals surface area (Å²) in [5.74, 6) is -1.07. The number of carboxylic acid groups (broad SMARTS) is 1. The van der Waals surface area contributed by atoms with Crippen LogP contribution >= 0.6 is 0 Å². The Morgan fingerprint density at radius 2 is 1.60 bits per heavy atom. The molecule has 4 fully saturated rings. The van der Waals surface area contributed by atoms with Gasteiger partial charge in [0.2, 0.25) is 5.91 Å². The molecule has 4 saturated carbocycles. The van der Waals surface area contributed by atoms with E-state index in [1.807, 2.05) is 13.8 Å². The fourth-order valence-corrected chi connectivity index (χ4v) is 11.6. The van der Waals surface area contributed by atoms with Crippen LogP contribution in [-0.4, -0.2) is 27.9 Å². The summed E-state index contributed by atoms with van der Waals surface area (Å²) in [6.45, 7) is 15.9. The quantitative estimate of drug-likeness (QED) is 0.245. The summed E-state index contributed by atoms with van der Waals surface area (Å²) in [7, 11) is 0. The van der Waals surface area contributed by atoms with Gasteiger partial charge in [-0.05, 0) is 109 Å². The standard InChI is InChI=1S/C37H51NO5/c1-32(2)15-17-37(31(42)43)18-16-35(6)25(26(37)21-32)11-12-28-34(5)20-24(30(41)38-22-9-8-10-23(39)19-22)29(40)33(3,4)27(34)13-14-36(28,35)7/h8-11,19,24,26-28,39H,12-18,20-21H2,1-7H3,(H,38,41)(H,42,43)/t24?,26?,27?,28?,34-,35+,36+,37-/m0/s1. The lowest BCUT2D eigenvalue weighted by Crippen LogP contribution is -2.66. The molecule has 0 bridgehead atoms. The van der Waals surface area contributed by atoms with Crippen LogP contribution in [0, 0.1) is 56.2 Å². The second-order valence-corrected chi connectivity index (χ2v) is 17.1. The molecule has 6 rings (SSSR count). The number of aromatic hydroxyl groups is 1. The van der Waals surface area contributed by atoms with Crippen molar-refractivity contribution in [2.24, 2.45) is 56.2 Å². The molecule has 1 aromatic carbocycles. The van der Waals surface area contributed by atoms with Gasteiger partial charge in [-0.3, -0.25) is 14.4 Å². The number of carboxylic acids is 1. The number of carbonyl (C=O) groups excluding carboxylic acids is 2. The number of nitrogens with one attached hydrogen (secondary N) is 1. The maximum Gasteiger partial charge on any atom is 0.310 e. The number of fused-ring (bicyclic) bond motifs is 7. The lowest BCUT2D eigenvalue weighted by Gasteiger charge is -2.70. The first-order valence-corrected chi connectivity index (χ1v) is 16.5. The summed E-state index contributed by atoms with van der Waals surface area (Å²) >= 11 is 0. The normalized spacial score (nSPS) is 42.8. The van der Waals surface area contributed by atoms with Crippen molar-refractivity contribution in [2.45, 2.75) is 106 Å². The van der Waals surface area contributed by atoms with Crippen LogP contribution in [0.25, 0.3) is 0 Å². The van der Waals surface area contributed by atoms with Gasteiger partial charge in [-0.15, -0.1) is 0 Å². The van der Waals surface area contributed by atoms with E-state index in [4.69, 9.17) is 0 Å². The molecule has 1 aromatic rings. The number of allylic oxidation sites excluding steroid dienone is 2. The van der Waals surface area contributed by atoms with E-state index >= 15 is 0 Å². The third-order valence-electron chi connectivity index (χ3n) is 14.2. The Bertz CT molecular complexity index is 1410. The molecular weight excluding hydrogens is 538 g/mol. The number of anilines is 1. The van der Waals surface area contributed by atoms with Crippen molar-refractivity contribution in [3.05, 3.63) is 35.9 Å². The van der Waals surface area contributed by atoms with E-state index in [1.54, 1.807) is 18.2 Å². The largest absolute Gasteiger partial charge is 0.508 e. The van der Waals surface area contributed by atoms with Crippen LogP contribution in [0.3, 0.4) is 0 Å². The minimum absolute atomic E-state index is 0.0165. The number of phenolic OH excluding ortho intramolecular Hbond substituents is 1. The second-order valence-electron chi connectivity index (χ2n) is 17.1. The predicted molar refractivity (Wildman–Crippen MR) is 167 cm³/mol. The first-order valence-electron chi connectivity index (χ1n) is 16.5. The van der Waals surface area contributed by atoms with E-state index in [9.17, 15) is 24.6 Å². The predicted octanol–water partition coefficient (Wildman–Crippen LogP) is 8.01. The molecule has 6 heteroatoms. The molecule has 43 heavy (non-hydrogen) atoms. The van der Waals surface area contributed by atoms with E-state index in [1.165, 1.54) is 11.6 Å². The Labute approximate surface area is 257 Å². The number of amides is 1. The lowest BCUT2D eigenvalue weighted by molar-refractivity contribution is -0.195. The van der Waals surface area contributed by atoms with Gasteiger partial charge in [0, 0.05) is 17.2 Å². The van der Waals surface area contributed by atoms with Crippen molar-refractivity contribution in [1.82, 2.24) is 0 Å². The maximum atomic E-state index is 14.0. The van der Waals surface area contributed by atoms with E-state index in [-0.39, 0.29) is 56.9 Å². The fourth-order valence-electron chi connectivity index (χ4n) is 11.6. The molecule has 4 unspecified atom stereocenters. The number of ketones is 1. The summed E-state index contributed by atoms with van der Waals surface area (Å²) in [6.07, 6.45) is 9.98. The molecule has 5 aliphatic rings. The van der Waals surface area contributed by atoms with E-state index in [0.29, 0.717) is 12.1 Å². The molecule has 0 radical (unpaired) electrons. The van der Waals surface area contributed by atoms with Crippen molar-refractivity contribution in [2.75, 3.05) is 5.32 Å². The number of carbonyl (C=O) groups is 3. The smallest absolute Gasteiger partial charge is 0.310 e. The molecule has 8 atom stereocenters. The number of benzene rings is 1. The number of Topliss-reactive ketones (excluding diaryl/α,β-unsaturated/α-hetero) is 1. The van der Waals surface area contributed by atoms with Crippen LogP contribution in [0.15, 0.2) is 35.9 Å². The Morgan fingerprint density at radius 3 is 2.28 bits per heavy atom. The van der Waals surface area contributed by atoms with Crippen LogP contribution < -0.4 is 5.32 Å². The van der Waals surface area contributed by atoms with Crippen LogP contribution in [0.1, 0.15) is 106 Å². The first kappa shape index (κ1) is 30.4. The Kier molecular flexibility index (Phi) is 6.67. The molecule has 0 heterocycles. The number of phenols is 1. The van der Waals surface area contributed by atoms with Gasteiger partial charge in [0.1, 0.15) is 5.75 Å². The van der Waals surface area contributed by atoms with Crippen molar-refractivity contribution in [1.29, 1.82) is 0 Å². The minimum atomic E-state index is -0.760. The highest BCUT2D eigenvalue weighted by atomic mass is 16.4. The second kappa shape index (κ2) is 9.44. The number of aliphatic carboxylic acids is 1. The highest BCUT2D eigenvalue weighted by Gasteiger charge is 2.70. The van der Waals surface area contributed by atoms with Crippen molar-refractivity contribution in [3.8, 4) is 5.75 Å². The van der Waals surface area contributed by atoms with Gasteiger partial charge < -0.3 is 15.5 Å². The average Bonchev–Trinajstić information content (AvgIpc) is 2.90. The average molecular weight is 590 g/mol. The Hall–Kier alpha value is -2.63. The third-order valence-corrected chi connectivity index (χ3v) is 14.2. The third kappa shape index (κ3) is 4.13. The van der Waals surface area contributed by atoms with Gasteiger partial charge in [-0.25, -0.2) is 0 Å². The number of hydrogen-bond acceptors (Lipinski definition) is 4. The molecule has 5 aliphatic carbocycles. The Balaban J connectivity index is 1.39. The molecule has 0 aliphatic heterocycles. The molecule has 6 nitrogen and oxygen atoms in total. The summed E-state index contributed by atoms with van der Waals surface area (Å²) < 4.78 is 0. The number of rotatable bonds is 3. The zero-order chi connectivity index (χ0) is 31.4. The van der Waals surface area contributed by atoms with Crippen LogP contribution in [-0.2, 0) is 14.4 Å². The van der Waals surface area contributed by atoms with Gasteiger partial charge in [0.25, 0.3) is 0 Å². The first-order chi connectivity index (χ1) is 19.9. The van der Waals surface area contributed by atoms with Crippen LogP contribution in [0.2, 0.25) is 0 Å². The van der Waals surface area contributed by atoms with Crippen molar-refractivity contribution in [3.63, 3.8) is 0 Å². The molecule has 3 N–H and O–H groups in total. The monoisotopic (exact) mass is 589 g/mol. The fraction of sp³-hybridized carbons (Fsp3) is 0.703. The summed E-state index contributed by atoms with van der Waals surface area (Å²) in [5.41, 5.74) is 0.283. The molecule has 234 valence electrons. The maximum absolute atomic E-state index is 14.0. The molecular formula is C37H51NO5. The summed E-state index contributed by atoms with van der Waals surface area (Å²) in [5, 5.41) is 23.5. The van der Waals surface area contributed by atoms with Crippen molar-refractivity contribution < 1.29 is 24.6 Å². The van der Waals surface area contributed by atoms with Gasteiger partial charge in [-0.1, -0.05) is 66.2 Å². The molecule has 1 amide bonds. The van der Waals surface area contributed by atoms with E-state index < -0.39 is 22.7 Å². The minimum Gasteiger partial charge on any atom is -0.508 e. The zero-order valence-electron chi connectivity index (χ0n) is 27.2. The molecule has 0 aromatic heterocycles. The van der Waals surface area contributed by atoms with Crippen LogP contribution in [0.5, 0.6) is 5.75 Å². The molecule has 0 saturated heterocycles. The van der Waals surface area contributed by atoms with Gasteiger partial charge >= 0.3 is 5.97 Å². The van der Waals surface area contributed by atoms with E-state index in [2.05, 4.69) is 46.0 Å². The van der Waals surface area contributed by atoms with Gasteiger partial charge in [-0.2, -0.15) is 0 Å². The van der Waals surface area contributed by atoms with E-state index in [0.717, 1.165) is 51.4 Å². The van der Waals surface area contributed by atoms with Gasteiger partial charge in [0.05, 0.1) is 11.3 Å². The number of hydrogen-bond donors (Lipinski definition) is 3. The SMILES string of the molecule is CC1(C)CC[C@]2(C(=O)O)CC[C@]3(C)C(=CCC4[C@@]5(C)CC(C(=O)Nc6cccc(O)c6)C(=O)C(C)(C)C5CC[C@]43C)C2C1. The van der Waals surface area contributed by atoms with Crippen molar-refractivity contribution >= 4 is 23.3 Å². The molecule has 0 spiro atoms. The van der Waals surface area contributed by atoms with Gasteiger partial charge in [0.15, 0.2) is 5.78 Å². The lowest BCUT2D eigenvalue weighted by atomic mass is 9.33. The van der Waals surface area contributed by atoms with Crippen LogP contribution in [0.4, 0.5) is 5.69 Å².